The number of benzene rings is 1. The van der Waals surface area contributed by atoms with Crippen LogP contribution in [0.15, 0.2) is 24.3 Å². The highest BCUT2D eigenvalue weighted by atomic mass is 35.5. The minimum absolute atomic E-state index is 0.0457. The highest BCUT2D eigenvalue weighted by molar-refractivity contribution is 6.30. The summed E-state index contributed by atoms with van der Waals surface area (Å²) in [5.74, 6) is -1.94. The summed E-state index contributed by atoms with van der Waals surface area (Å²) >= 11 is 5.86. The van der Waals surface area contributed by atoms with Crippen molar-refractivity contribution >= 4 is 29.4 Å². The highest BCUT2D eigenvalue weighted by Crippen LogP contribution is 2.26. The van der Waals surface area contributed by atoms with E-state index in [9.17, 15) is 19.5 Å². The van der Waals surface area contributed by atoms with Crippen molar-refractivity contribution < 1.29 is 19.5 Å². The maximum Gasteiger partial charge on any atom is 0.308 e. The van der Waals surface area contributed by atoms with Gasteiger partial charge in [0.2, 0.25) is 11.8 Å². The number of hydrogen-bond acceptors (Lipinski definition) is 3. The second-order valence-corrected chi connectivity index (χ2v) is 6.49. The molecule has 0 aliphatic heterocycles. The lowest BCUT2D eigenvalue weighted by Crippen LogP contribution is -2.41. The zero-order valence-corrected chi connectivity index (χ0v) is 14.2. The smallest absolute Gasteiger partial charge is 0.308 e. The van der Waals surface area contributed by atoms with Crippen molar-refractivity contribution in [1.82, 2.24) is 10.6 Å². The van der Waals surface area contributed by atoms with E-state index in [0.717, 1.165) is 12.0 Å². The van der Waals surface area contributed by atoms with Crippen molar-refractivity contribution in [3.05, 3.63) is 34.9 Å². The van der Waals surface area contributed by atoms with E-state index in [4.69, 9.17) is 11.6 Å². The largest absolute Gasteiger partial charge is 0.481 e. The van der Waals surface area contributed by atoms with Crippen molar-refractivity contribution in [2.24, 2.45) is 5.92 Å². The van der Waals surface area contributed by atoms with Gasteiger partial charge in [0.1, 0.15) is 0 Å². The first kappa shape index (κ1) is 18.3. The number of carbonyl (C=O) groups is 3. The molecule has 2 rings (SSSR count). The predicted octanol–water partition coefficient (Wildman–Crippen LogP) is 2.28. The molecule has 3 N–H and O–H groups in total. The Morgan fingerprint density at radius 2 is 1.92 bits per heavy atom. The molecular weight excluding hydrogens is 332 g/mol. The molecule has 0 saturated heterocycles. The van der Waals surface area contributed by atoms with Crippen LogP contribution in [-0.2, 0) is 14.4 Å². The lowest BCUT2D eigenvalue weighted by atomic mass is 10.0. The average molecular weight is 353 g/mol. The summed E-state index contributed by atoms with van der Waals surface area (Å²) in [7, 11) is 0. The molecule has 1 saturated carbocycles. The van der Waals surface area contributed by atoms with E-state index >= 15 is 0 Å². The van der Waals surface area contributed by atoms with E-state index < -0.39 is 17.9 Å². The second-order valence-electron chi connectivity index (χ2n) is 6.06. The number of halogens is 1. The van der Waals surface area contributed by atoms with Crippen molar-refractivity contribution in [1.29, 1.82) is 0 Å². The molecular formula is C17H21ClN2O4. The molecule has 1 aliphatic rings. The summed E-state index contributed by atoms with van der Waals surface area (Å²) in [6, 6.07) is 6.07. The summed E-state index contributed by atoms with van der Waals surface area (Å²) in [6.07, 6.45) is 2.07. The fourth-order valence-electron chi connectivity index (χ4n) is 3.07. The van der Waals surface area contributed by atoms with Gasteiger partial charge in [-0.25, -0.2) is 0 Å². The van der Waals surface area contributed by atoms with Crippen LogP contribution in [-0.4, -0.2) is 28.9 Å². The normalized spacial score (nSPS) is 21.1. The quantitative estimate of drug-likeness (QED) is 0.731. The molecule has 130 valence electrons. The van der Waals surface area contributed by atoms with Crippen LogP contribution in [0.3, 0.4) is 0 Å². The minimum atomic E-state index is -0.881. The van der Waals surface area contributed by atoms with E-state index in [1.54, 1.807) is 24.3 Å². The van der Waals surface area contributed by atoms with Crippen LogP contribution in [0.2, 0.25) is 5.02 Å². The van der Waals surface area contributed by atoms with Gasteiger partial charge >= 0.3 is 5.97 Å². The van der Waals surface area contributed by atoms with E-state index in [1.165, 1.54) is 6.92 Å². The van der Waals surface area contributed by atoms with Crippen LogP contribution >= 0.6 is 11.6 Å². The molecule has 2 amide bonds. The molecule has 0 heterocycles. The SMILES string of the molecule is CC(=O)NC(CC(=O)N[C@@H]1CCC[C@@H]1C(=O)O)c1ccc(Cl)cc1. The first-order valence-electron chi connectivity index (χ1n) is 7.91. The first-order chi connectivity index (χ1) is 11.4. The number of hydrogen-bond donors (Lipinski definition) is 3. The summed E-state index contributed by atoms with van der Waals surface area (Å²) < 4.78 is 0. The van der Waals surface area contributed by atoms with Crippen LogP contribution in [0.25, 0.3) is 0 Å². The van der Waals surface area contributed by atoms with Gasteiger partial charge in [-0.3, -0.25) is 14.4 Å². The van der Waals surface area contributed by atoms with Crippen LogP contribution in [0.1, 0.15) is 44.2 Å². The Kier molecular flexibility index (Phi) is 6.20. The Morgan fingerprint density at radius 1 is 1.25 bits per heavy atom. The Hall–Kier alpha value is -2.08. The number of carboxylic acids is 1. The first-order valence-corrected chi connectivity index (χ1v) is 8.29. The summed E-state index contributed by atoms with van der Waals surface area (Å²) in [4.78, 5) is 34.9. The maximum absolute atomic E-state index is 12.3. The van der Waals surface area contributed by atoms with Gasteiger partial charge in [-0.15, -0.1) is 0 Å². The molecule has 3 atom stereocenters. The summed E-state index contributed by atoms with van der Waals surface area (Å²) in [5, 5.41) is 15.3. The van der Waals surface area contributed by atoms with Gasteiger partial charge in [0, 0.05) is 18.0 Å². The van der Waals surface area contributed by atoms with Crippen LogP contribution < -0.4 is 10.6 Å². The maximum atomic E-state index is 12.3. The topological polar surface area (TPSA) is 95.5 Å². The number of carboxylic acid groups (broad SMARTS) is 1. The Bertz CT molecular complexity index is 618. The third kappa shape index (κ3) is 4.96. The lowest BCUT2D eigenvalue weighted by molar-refractivity contribution is -0.142. The molecule has 0 aromatic heterocycles. The molecule has 1 unspecified atom stereocenters. The Morgan fingerprint density at radius 3 is 2.50 bits per heavy atom. The van der Waals surface area contributed by atoms with Gasteiger partial charge in [-0.05, 0) is 30.5 Å². The fourth-order valence-corrected chi connectivity index (χ4v) is 3.20. The summed E-state index contributed by atoms with van der Waals surface area (Å²) in [6.45, 7) is 1.39. The van der Waals surface area contributed by atoms with Crippen LogP contribution in [0.4, 0.5) is 0 Å². The van der Waals surface area contributed by atoms with Crippen molar-refractivity contribution in [2.45, 2.75) is 44.7 Å². The average Bonchev–Trinajstić information content (AvgIpc) is 2.95. The molecule has 7 heteroatoms. The van der Waals surface area contributed by atoms with Crippen LogP contribution in [0, 0.1) is 5.92 Å². The Balaban J connectivity index is 2.03. The van der Waals surface area contributed by atoms with E-state index in [1.807, 2.05) is 0 Å². The van der Waals surface area contributed by atoms with Gasteiger partial charge in [0.05, 0.1) is 18.4 Å². The second kappa shape index (κ2) is 8.15. The zero-order valence-electron chi connectivity index (χ0n) is 13.4. The molecule has 0 radical (unpaired) electrons. The molecule has 1 aliphatic carbocycles. The zero-order chi connectivity index (χ0) is 17.7. The molecule has 24 heavy (non-hydrogen) atoms. The van der Waals surface area contributed by atoms with E-state index in [2.05, 4.69) is 10.6 Å². The fraction of sp³-hybridized carbons (Fsp3) is 0.471. The number of aliphatic carboxylic acids is 1. The standard InChI is InChI=1S/C17H21ClN2O4/c1-10(21)19-15(11-5-7-12(18)8-6-11)9-16(22)20-14-4-2-3-13(14)17(23)24/h5-8,13-15H,2-4,9H2,1H3,(H,19,21)(H,20,22)(H,23,24)/t13-,14+,15?/m0/s1. The monoisotopic (exact) mass is 352 g/mol. The predicted molar refractivity (Wildman–Crippen MR) is 89.5 cm³/mol. The molecule has 0 bridgehead atoms. The molecule has 1 aromatic rings. The third-order valence-corrected chi connectivity index (χ3v) is 4.47. The van der Waals surface area contributed by atoms with E-state index in [-0.39, 0.29) is 24.3 Å². The van der Waals surface area contributed by atoms with Crippen molar-refractivity contribution in [2.75, 3.05) is 0 Å². The van der Waals surface area contributed by atoms with Gasteiger partial charge in [0.25, 0.3) is 0 Å². The Labute approximate surface area is 145 Å². The minimum Gasteiger partial charge on any atom is -0.481 e. The molecule has 6 nitrogen and oxygen atoms in total. The lowest BCUT2D eigenvalue weighted by Gasteiger charge is -2.21. The summed E-state index contributed by atoms with van der Waals surface area (Å²) in [5.41, 5.74) is 0.769. The van der Waals surface area contributed by atoms with Crippen molar-refractivity contribution in [3.8, 4) is 0 Å². The number of nitrogens with one attached hydrogen (secondary N) is 2. The van der Waals surface area contributed by atoms with Gasteiger partial charge in [-0.2, -0.15) is 0 Å². The van der Waals surface area contributed by atoms with Crippen molar-refractivity contribution in [3.63, 3.8) is 0 Å². The number of carbonyl (C=O) groups excluding carboxylic acids is 2. The van der Waals surface area contributed by atoms with E-state index in [0.29, 0.717) is 17.9 Å². The van der Waals surface area contributed by atoms with Gasteiger partial charge in [0.15, 0.2) is 0 Å². The van der Waals surface area contributed by atoms with Crippen LogP contribution in [0.5, 0.6) is 0 Å². The molecule has 1 aromatic carbocycles. The van der Waals surface area contributed by atoms with Gasteiger partial charge in [-0.1, -0.05) is 30.2 Å². The number of amides is 2. The highest BCUT2D eigenvalue weighted by Gasteiger charge is 2.34. The number of rotatable bonds is 6. The third-order valence-electron chi connectivity index (χ3n) is 4.22. The molecule has 0 spiro atoms. The molecule has 1 fully saturated rings. The van der Waals surface area contributed by atoms with Gasteiger partial charge < -0.3 is 15.7 Å².